The van der Waals surface area contributed by atoms with Crippen LogP contribution in [0.3, 0.4) is 0 Å². The van der Waals surface area contributed by atoms with Gasteiger partial charge in [-0.3, -0.25) is 9.36 Å². The van der Waals surface area contributed by atoms with Gasteiger partial charge in [0.25, 0.3) is 7.82 Å². The number of carbonyl (C=O) groups is 1. The molecule has 0 aliphatic carbocycles. The zero-order chi connectivity index (χ0) is 27.1. The first-order chi connectivity index (χ1) is 17.1. The molecule has 0 amide bonds. The Bertz CT molecular complexity index is 569. The van der Waals surface area contributed by atoms with Crippen LogP contribution in [0.15, 0.2) is 0 Å². The molecule has 0 aromatic rings. The molecule has 0 saturated carbocycles. The van der Waals surface area contributed by atoms with E-state index in [4.69, 9.17) is 18.5 Å². The molecule has 0 spiro atoms. The van der Waals surface area contributed by atoms with E-state index in [1.54, 1.807) is 0 Å². The summed E-state index contributed by atoms with van der Waals surface area (Å²) in [5.74, 6) is -0.506. The van der Waals surface area contributed by atoms with E-state index in [-0.39, 0.29) is 19.8 Å². The van der Waals surface area contributed by atoms with Gasteiger partial charge in [0, 0.05) is 20.0 Å². The zero-order valence-corrected chi connectivity index (χ0v) is 24.9. The molecule has 36 heavy (non-hydrogen) atoms. The highest BCUT2D eigenvalue weighted by atomic mass is 31.2. The van der Waals surface area contributed by atoms with Gasteiger partial charge < -0.3 is 27.9 Å². The third-order valence-electron chi connectivity index (χ3n) is 5.92. The number of quaternary nitrogens is 1. The van der Waals surface area contributed by atoms with Gasteiger partial charge in [0.1, 0.15) is 6.10 Å². The van der Waals surface area contributed by atoms with Gasteiger partial charge in [0.05, 0.1) is 47.5 Å². The van der Waals surface area contributed by atoms with Gasteiger partial charge in [-0.1, -0.05) is 90.4 Å². The van der Waals surface area contributed by atoms with E-state index in [0.717, 1.165) is 23.9 Å². The fraction of sp³-hybridized carbons (Fsp3) is 0.963. The third-order valence-corrected chi connectivity index (χ3v) is 6.88. The normalized spacial score (nSPS) is 14.5. The van der Waals surface area contributed by atoms with Gasteiger partial charge in [0.2, 0.25) is 0 Å². The van der Waals surface area contributed by atoms with Gasteiger partial charge in [0.15, 0.2) is 0 Å². The molecule has 8 nitrogen and oxygen atoms in total. The molecule has 0 rings (SSSR count). The van der Waals surface area contributed by atoms with Crippen LogP contribution < -0.4 is 4.89 Å². The largest absolute Gasteiger partial charge is 0.756 e. The lowest BCUT2D eigenvalue weighted by molar-refractivity contribution is -0.870. The molecule has 0 radical (unpaired) electrons. The van der Waals surface area contributed by atoms with Crippen LogP contribution in [0.4, 0.5) is 0 Å². The van der Waals surface area contributed by atoms with E-state index in [2.05, 4.69) is 6.92 Å². The van der Waals surface area contributed by atoms with Crippen LogP contribution in [0.25, 0.3) is 0 Å². The molecular formula is C27H56NO7P. The summed E-state index contributed by atoms with van der Waals surface area (Å²) in [4.78, 5) is 23.3. The quantitative estimate of drug-likeness (QED) is 0.0577. The van der Waals surface area contributed by atoms with Gasteiger partial charge in [-0.15, -0.1) is 0 Å². The van der Waals surface area contributed by atoms with Crippen LogP contribution in [0.1, 0.15) is 110 Å². The second-order valence-corrected chi connectivity index (χ2v) is 12.3. The maximum atomic E-state index is 12.0. The van der Waals surface area contributed by atoms with Gasteiger partial charge >= 0.3 is 5.97 Å². The molecule has 2 unspecified atom stereocenters. The fourth-order valence-corrected chi connectivity index (χ4v) is 4.67. The lowest BCUT2D eigenvalue weighted by atomic mass is 10.0. The van der Waals surface area contributed by atoms with Crippen molar-refractivity contribution in [3.63, 3.8) is 0 Å². The lowest BCUT2D eigenvalue weighted by Crippen LogP contribution is -2.35. The molecule has 0 aromatic heterocycles. The average Bonchev–Trinajstić information content (AvgIpc) is 2.79. The van der Waals surface area contributed by atoms with Crippen LogP contribution in [0.2, 0.25) is 0 Å². The van der Waals surface area contributed by atoms with Crippen molar-refractivity contribution in [2.75, 3.05) is 54.1 Å². The second kappa shape index (κ2) is 22.5. The summed E-state index contributed by atoms with van der Waals surface area (Å²) in [6, 6.07) is 0. The predicted molar refractivity (Wildman–Crippen MR) is 144 cm³/mol. The average molecular weight is 538 g/mol. The molecule has 0 fully saturated rings. The number of esters is 1. The first-order valence-electron chi connectivity index (χ1n) is 14.2. The Balaban J connectivity index is 3.79. The number of unbranched alkanes of at least 4 members (excludes halogenated alkanes) is 13. The van der Waals surface area contributed by atoms with Gasteiger partial charge in [-0.05, 0) is 6.42 Å². The van der Waals surface area contributed by atoms with Crippen molar-refractivity contribution in [3.8, 4) is 0 Å². The number of phosphoric acid groups is 1. The van der Waals surface area contributed by atoms with E-state index in [1.807, 2.05) is 21.1 Å². The summed E-state index contributed by atoms with van der Waals surface area (Å²) in [5, 5.41) is 0. The molecule has 0 heterocycles. The van der Waals surface area contributed by atoms with Crippen molar-refractivity contribution in [1.82, 2.24) is 0 Å². The third kappa shape index (κ3) is 26.6. The summed E-state index contributed by atoms with van der Waals surface area (Å²) in [6.07, 6.45) is 17.9. The van der Waals surface area contributed by atoms with Crippen LogP contribution in [0.5, 0.6) is 0 Å². The number of nitrogens with zero attached hydrogens (tertiary/aromatic N) is 1. The number of phosphoric ester groups is 1. The fourth-order valence-electron chi connectivity index (χ4n) is 3.89. The maximum absolute atomic E-state index is 12.0. The molecule has 0 N–H and O–H groups in total. The van der Waals surface area contributed by atoms with Crippen molar-refractivity contribution in [1.29, 1.82) is 0 Å². The van der Waals surface area contributed by atoms with Crippen molar-refractivity contribution in [2.45, 2.75) is 116 Å². The topological polar surface area (TPSA) is 94.1 Å². The zero-order valence-electron chi connectivity index (χ0n) is 24.0. The molecule has 0 aromatic carbocycles. The molecule has 0 aliphatic rings. The van der Waals surface area contributed by atoms with E-state index < -0.39 is 19.9 Å². The van der Waals surface area contributed by atoms with E-state index in [1.165, 1.54) is 84.0 Å². The van der Waals surface area contributed by atoms with E-state index in [9.17, 15) is 14.3 Å². The van der Waals surface area contributed by atoms with Crippen molar-refractivity contribution in [2.24, 2.45) is 0 Å². The van der Waals surface area contributed by atoms with Crippen LogP contribution in [-0.4, -0.2) is 70.7 Å². The number of ether oxygens (including phenoxy) is 2. The summed E-state index contributed by atoms with van der Waals surface area (Å²) in [7, 11) is 1.62. The van der Waals surface area contributed by atoms with Crippen LogP contribution >= 0.6 is 7.82 Å². The first-order valence-corrected chi connectivity index (χ1v) is 15.7. The second-order valence-electron chi connectivity index (χ2n) is 10.8. The highest BCUT2D eigenvalue weighted by Crippen LogP contribution is 2.38. The Hall–Kier alpha value is -0.500. The molecule has 0 bridgehead atoms. The first kappa shape index (κ1) is 35.5. The highest BCUT2D eigenvalue weighted by Gasteiger charge is 2.18. The standard InChI is InChI=1S/C27H56NO7P/c1-6-7-8-9-10-11-12-13-14-15-16-17-18-19-22-32-24-27(35-26(2)29)25-34-36(30,31)33-23-20-21-28(3,4)5/h27H,6-25H2,1-5H3. The molecule has 0 aliphatic heterocycles. The van der Waals surface area contributed by atoms with Gasteiger partial charge in [-0.25, -0.2) is 0 Å². The van der Waals surface area contributed by atoms with Crippen LogP contribution in [0, 0.1) is 0 Å². The minimum absolute atomic E-state index is 0.0597. The molecule has 2 atom stereocenters. The molecule has 0 saturated heterocycles. The number of rotatable bonds is 26. The highest BCUT2D eigenvalue weighted by molar-refractivity contribution is 7.45. The number of carbonyl (C=O) groups excluding carboxylic acids is 1. The number of hydrogen-bond acceptors (Lipinski definition) is 7. The van der Waals surface area contributed by atoms with Crippen molar-refractivity contribution >= 4 is 13.8 Å². The van der Waals surface area contributed by atoms with Crippen molar-refractivity contribution in [3.05, 3.63) is 0 Å². The number of hydrogen-bond donors (Lipinski definition) is 0. The molecular weight excluding hydrogens is 481 g/mol. The van der Waals surface area contributed by atoms with Gasteiger partial charge in [-0.2, -0.15) is 0 Å². The van der Waals surface area contributed by atoms with E-state index in [0.29, 0.717) is 13.0 Å². The van der Waals surface area contributed by atoms with E-state index >= 15 is 0 Å². The Morgan fingerprint density at radius 3 is 1.72 bits per heavy atom. The Morgan fingerprint density at radius 2 is 1.25 bits per heavy atom. The predicted octanol–water partition coefficient (Wildman–Crippen LogP) is 6.01. The Kier molecular flexibility index (Phi) is 22.2. The molecule has 9 heteroatoms. The summed E-state index contributed by atoms with van der Waals surface area (Å²) in [6.45, 7) is 4.71. The van der Waals surface area contributed by atoms with Crippen LogP contribution in [-0.2, 0) is 27.9 Å². The molecule has 216 valence electrons. The SMILES string of the molecule is CCCCCCCCCCCCCCCCOCC(COP(=O)([O-])OCCC[N+](C)(C)C)OC(C)=O. The lowest BCUT2D eigenvalue weighted by Gasteiger charge is -2.27. The smallest absolute Gasteiger partial charge is 0.303 e. The van der Waals surface area contributed by atoms with Crippen molar-refractivity contribution < 1.29 is 37.3 Å². The Labute approximate surface area is 221 Å². The Morgan fingerprint density at radius 1 is 0.750 bits per heavy atom. The summed E-state index contributed by atoms with van der Waals surface area (Å²) in [5.41, 5.74) is 0. The minimum Gasteiger partial charge on any atom is -0.756 e. The minimum atomic E-state index is -4.45. The summed E-state index contributed by atoms with van der Waals surface area (Å²) >= 11 is 0. The summed E-state index contributed by atoms with van der Waals surface area (Å²) < 4.78 is 33.3. The monoisotopic (exact) mass is 537 g/mol. The maximum Gasteiger partial charge on any atom is 0.303 e.